The molecular weight excluding hydrogens is 342 g/mol. The van der Waals surface area contributed by atoms with Crippen LogP contribution in [0.5, 0.6) is 5.75 Å². The first-order valence-corrected chi connectivity index (χ1v) is 9.74. The van der Waals surface area contributed by atoms with Gasteiger partial charge in [-0.15, -0.1) is 0 Å². The van der Waals surface area contributed by atoms with E-state index in [9.17, 15) is 4.79 Å². The topological polar surface area (TPSA) is 73.5 Å². The van der Waals surface area contributed by atoms with E-state index in [1.165, 1.54) is 0 Å². The Hall–Kier alpha value is -2.38. The number of likely N-dealkylation sites (N-methyl/N-ethyl adjacent to an activating group) is 1. The Morgan fingerprint density at radius 3 is 2.74 bits per heavy atom. The second-order valence-electron chi connectivity index (χ2n) is 7.17. The summed E-state index contributed by atoms with van der Waals surface area (Å²) in [5.41, 5.74) is 2.06. The smallest absolute Gasteiger partial charge is 0.226 e. The van der Waals surface area contributed by atoms with E-state index in [0.29, 0.717) is 18.8 Å². The zero-order valence-electron chi connectivity index (χ0n) is 15.8. The number of para-hydroxylation sites is 1. The number of rotatable bonds is 6. The molecule has 1 amide bonds. The number of fused-ring (bicyclic) bond motifs is 1. The number of hydrogen-bond donors (Lipinski definition) is 2. The van der Waals surface area contributed by atoms with E-state index < -0.39 is 0 Å². The number of benzene rings is 1. The molecule has 1 aromatic carbocycles. The predicted molar refractivity (Wildman–Crippen MR) is 104 cm³/mol. The number of carbonyl (C=O) groups is 1. The number of aromatic amines is 1. The number of carbonyl (C=O) groups excluding carboxylic acids is 1. The lowest BCUT2D eigenvalue weighted by atomic mass is 9.87. The molecule has 0 aliphatic carbocycles. The van der Waals surface area contributed by atoms with Crippen LogP contribution >= 0.6 is 0 Å². The highest BCUT2D eigenvalue weighted by atomic mass is 16.5. The molecule has 1 atom stereocenters. The maximum Gasteiger partial charge on any atom is 0.226 e. The fraction of sp³-hybridized carbons (Fsp3) is 0.500. The second kappa shape index (κ2) is 8.10. The maximum atomic E-state index is 12.1. The van der Waals surface area contributed by atoms with Gasteiger partial charge in [0.25, 0.3) is 0 Å². The van der Waals surface area contributed by atoms with Gasteiger partial charge in [0.1, 0.15) is 18.2 Å². The van der Waals surface area contributed by atoms with Crippen molar-refractivity contribution in [2.75, 3.05) is 51.2 Å². The van der Waals surface area contributed by atoms with E-state index in [1.54, 1.807) is 6.20 Å². The monoisotopic (exact) mass is 369 g/mol. The van der Waals surface area contributed by atoms with Crippen LogP contribution in [0.4, 0.5) is 5.82 Å². The summed E-state index contributed by atoms with van der Waals surface area (Å²) >= 11 is 0. The number of nitrogens with one attached hydrogen (secondary N) is 2. The van der Waals surface area contributed by atoms with E-state index in [1.807, 2.05) is 18.2 Å². The van der Waals surface area contributed by atoms with Gasteiger partial charge in [0.15, 0.2) is 0 Å². The summed E-state index contributed by atoms with van der Waals surface area (Å²) < 4.78 is 6.16. The molecule has 1 saturated heterocycles. The zero-order chi connectivity index (χ0) is 18.6. The molecule has 144 valence electrons. The highest BCUT2D eigenvalue weighted by molar-refractivity contribution is 5.94. The van der Waals surface area contributed by atoms with Crippen molar-refractivity contribution in [3.8, 4) is 5.75 Å². The third-order valence-electron chi connectivity index (χ3n) is 5.57. The molecule has 0 bridgehead atoms. The Balaban J connectivity index is 1.41. The summed E-state index contributed by atoms with van der Waals surface area (Å²) in [6.45, 7) is 9.38. The fourth-order valence-corrected chi connectivity index (χ4v) is 3.94. The summed E-state index contributed by atoms with van der Waals surface area (Å²) in [5, 5.41) is 9.80. The Morgan fingerprint density at radius 1 is 1.15 bits per heavy atom. The summed E-state index contributed by atoms with van der Waals surface area (Å²) in [4.78, 5) is 17.0. The van der Waals surface area contributed by atoms with Crippen molar-refractivity contribution >= 4 is 11.7 Å². The lowest BCUT2D eigenvalue weighted by Gasteiger charge is -2.34. The molecule has 2 aliphatic rings. The Labute approximate surface area is 159 Å². The van der Waals surface area contributed by atoms with Crippen molar-refractivity contribution in [1.29, 1.82) is 0 Å². The largest absolute Gasteiger partial charge is 0.492 e. The molecule has 27 heavy (non-hydrogen) atoms. The number of aromatic nitrogens is 2. The molecule has 1 fully saturated rings. The van der Waals surface area contributed by atoms with Crippen LogP contribution in [0.15, 0.2) is 30.5 Å². The molecule has 0 unspecified atom stereocenters. The number of nitrogens with zero attached hydrogens (tertiary/aromatic N) is 3. The first-order chi connectivity index (χ1) is 13.2. The SMILES string of the molecule is CCN1CCN(CCOc2ccccc2[C@@H]2CC(=O)Nc3[nH]ncc32)CC1. The first kappa shape index (κ1) is 18.0. The summed E-state index contributed by atoms with van der Waals surface area (Å²) in [6, 6.07) is 8.03. The van der Waals surface area contributed by atoms with Crippen LogP contribution in [0.1, 0.15) is 30.4 Å². The fourth-order valence-electron chi connectivity index (χ4n) is 3.94. The number of ether oxygens (including phenoxy) is 1. The highest BCUT2D eigenvalue weighted by Gasteiger charge is 2.30. The normalized spacial score (nSPS) is 20.9. The minimum absolute atomic E-state index is 0.000322. The van der Waals surface area contributed by atoms with Crippen LogP contribution in [0.25, 0.3) is 0 Å². The average molecular weight is 369 g/mol. The Bertz CT molecular complexity index is 782. The molecule has 0 radical (unpaired) electrons. The molecule has 0 saturated carbocycles. The van der Waals surface area contributed by atoms with E-state index in [4.69, 9.17) is 4.74 Å². The zero-order valence-corrected chi connectivity index (χ0v) is 15.8. The van der Waals surface area contributed by atoms with Gasteiger partial charge in [0.2, 0.25) is 5.91 Å². The molecule has 1 aromatic heterocycles. The van der Waals surface area contributed by atoms with E-state index in [2.05, 4.69) is 38.3 Å². The van der Waals surface area contributed by atoms with E-state index in [-0.39, 0.29) is 11.8 Å². The van der Waals surface area contributed by atoms with Crippen molar-refractivity contribution in [2.24, 2.45) is 0 Å². The summed E-state index contributed by atoms with van der Waals surface area (Å²) in [6.07, 6.45) is 2.20. The number of anilines is 1. The summed E-state index contributed by atoms with van der Waals surface area (Å²) in [7, 11) is 0. The average Bonchev–Trinajstić information content (AvgIpc) is 3.17. The van der Waals surface area contributed by atoms with Gasteiger partial charge in [-0.2, -0.15) is 5.10 Å². The molecular formula is C20H27N5O2. The van der Waals surface area contributed by atoms with Crippen molar-refractivity contribution in [1.82, 2.24) is 20.0 Å². The van der Waals surface area contributed by atoms with Crippen LogP contribution in [-0.2, 0) is 4.79 Å². The van der Waals surface area contributed by atoms with Gasteiger partial charge in [0, 0.05) is 56.2 Å². The van der Waals surface area contributed by atoms with Crippen LogP contribution < -0.4 is 10.1 Å². The molecule has 7 nitrogen and oxygen atoms in total. The van der Waals surface area contributed by atoms with Crippen molar-refractivity contribution in [2.45, 2.75) is 19.3 Å². The van der Waals surface area contributed by atoms with Crippen LogP contribution in [-0.4, -0.2) is 71.8 Å². The minimum Gasteiger partial charge on any atom is -0.492 e. The van der Waals surface area contributed by atoms with Crippen molar-refractivity contribution in [3.05, 3.63) is 41.6 Å². The number of piperazine rings is 1. The Kier molecular flexibility index (Phi) is 5.40. The molecule has 2 aliphatic heterocycles. The first-order valence-electron chi connectivity index (χ1n) is 9.74. The maximum absolute atomic E-state index is 12.1. The van der Waals surface area contributed by atoms with Gasteiger partial charge >= 0.3 is 0 Å². The van der Waals surface area contributed by atoms with Gasteiger partial charge in [-0.05, 0) is 12.6 Å². The molecule has 2 N–H and O–H groups in total. The van der Waals surface area contributed by atoms with Crippen LogP contribution in [0, 0.1) is 0 Å². The highest BCUT2D eigenvalue weighted by Crippen LogP contribution is 2.39. The van der Waals surface area contributed by atoms with Gasteiger partial charge in [-0.3, -0.25) is 14.8 Å². The second-order valence-corrected chi connectivity index (χ2v) is 7.17. The molecule has 2 aromatic rings. The molecule has 7 heteroatoms. The number of amides is 1. The van der Waals surface area contributed by atoms with Gasteiger partial charge in [0.05, 0.1) is 6.20 Å². The van der Waals surface area contributed by atoms with Gasteiger partial charge in [-0.25, -0.2) is 0 Å². The van der Waals surface area contributed by atoms with E-state index >= 15 is 0 Å². The number of hydrogen-bond acceptors (Lipinski definition) is 5. The van der Waals surface area contributed by atoms with Gasteiger partial charge in [-0.1, -0.05) is 25.1 Å². The lowest BCUT2D eigenvalue weighted by molar-refractivity contribution is -0.116. The number of H-pyrrole nitrogens is 1. The third kappa shape index (κ3) is 3.99. The molecule has 4 rings (SSSR count). The standard InChI is InChI=1S/C20H27N5O2/c1-2-24-7-9-25(10-8-24)11-12-27-18-6-4-3-5-15(18)16-13-19(26)22-20-17(16)14-21-23-20/h3-6,14,16H,2,7-13H2,1H3,(H2,21,22,23,26)/t16-/m0/s1. The predicted octanol–water partition coefficient (Wildman–Crippen LogP) is 1.90. The van der Waals surface area contributed by atoms with Crippen LogP contribution in [0.3, 0.4) is 0 Å². The Morgan fingerprint density at radius 2 is 1.93 bits per heavy atom. The molecule has 0 spiro atoms. The summed E-state index contributed by atoms with van der Waals surface area (Å²) in [5.74, 6) is 1.52. The van der Waals surface area contributed by atoms with Crippen molar-refractivity contribution in [3.63, 3.8) is 0 Å². The lowest BCUT2D eigenvalue weighted by Crippen LogP contribution is -2.47. The third-order valence-corrected chi connectivity index (χ3v) is 5.57. The van der Waals surface area contributed by atoms with Crippen LogP contribution in [0.2, 0.25) is 0 Å². The quantitative estimate of drug-likeness (QED) is 0.814. The molecule has 3 heterocycles. The van der Waals surface area contributed by atoms with Gasteiger partial charge < -0.3 is 15.0 Å². The van der Waals surface area contributed by atoms with Crippen molar-refractivity contribution < 1.29 is 9.53 Å². The van der Waals surface area contributed by atoms with E-state index in [0.717, 1.165) is 56.1 Å². The minimum atomic E-state index is -0.0307.